The highest BCUT2D eigenvalue weighted by Crippen LogP contribution is 2.21. The van der Waals surface area contributed by atoms with Gasteiger partial charge in [0.1, 0.15) is 0 Å². The van der Waals surface area contributed by atoms with Crippen molar-refractivity contribution in [1.82, 2.24) is 9.88 Å². The van der Waals surface area contributed by atoms with Crippen molar-refractivity contribution in [3.8, 4) is 5.88 Å². The van der Waals surface area contributed by atoms with Crippen LogP contribution in [0.4, 0.5) is 0 Å². The molecule has 0 bridgehead atoms. The van der Waals surface area contributed by atoms with Crippen LogP contribution in [0.5, 0.6) is 5.88 Å². The number of rotatable bonds is 3. The molecule has 0 spiro atoms. The van der Waals surface area contributed by atoms with Crippen LogP contribution in [0.3, 0.4) is 0 Å². The number of aliphatic hydroxyl groups excluding tert-OH is 1. The molecule has 2 atom stereocenters. The Hall–Kier alpha value is -1.62. The van der Waals surface area contributed by atoms with Gasteiger partial charge in [-0.3, -0.25) is 4.79 Å². The SMILES string of the molecule is COc1ccc(C(=O)N2CCC(C(C)O)C2)cn1. The number of aliphatic hydroxyl groups is 1. The lowest BCUT2D eigenvalue weighted by Gasteiger charge is -2.17. The van der Waals surface area contributed by atoms with Gasteiger partial charge in [-0.05, 0) is 19.4 Å². The summed E-state index contributed by atoms with van der Waals surface area (Å²) < 4.78 is 4.95. The Bertz CT molecular complexity index is 417. The fourth-order valence-electron chi connectivity index (χ4n) is 2.18. The summed E-state index contributed by atoms with van der Waals surface area (Å²) in [5, 5.41) is 9.52. The Morgan fingerprint density at radius 3 is 2.89 bits per heavy atom. The largest absolute Gasteiger partial charge is 0.481 e. The monoisotopic (exact) mass is 250 g/mol. The first kappa shape index (κ1) is 12.8. The van der Waals surface area contributed by atoms with E-state index in [9.17, 15) is 9.90 Å². The molecule has 0 radical (unpaired) electrons. The van der Waals surface area contributed by atoms with Crippen molar-refractivity contribution >= 4 is 5.91 Å². The average molecular weight is 250 g/mol. The standard InChI is InChI=1S/C13H18N2O3/c1-9(16)11-5-6-15(8-11)13(17)10-3-4-12(18-2)14-7-10/h3-4,7,9,11,16H,5-6,8H2,1-2H3. The first-order chi connectivity index (χ1) is 8.61. The Balaban J connectivity index is 2.03. The van der Waals surface area contributed by atoms with Gasteiger partial charge in [0.25, 0.3) is 5.91 Å². The van der Waals surface area contributed by atoms with Gasteiger partial charge in [-0.25, -0.2) is 4.98 Å². The summed E-state index contributed by atoms with van der Waals surface area (Å²) in [6, 6.07) is 3.39. The zero-order chi connectivity index (χ0) is 13.1. The molecule has 5 heteroatoms. The van der Waals surface area contributed by atoms with Crippen molar-refractivity contribution in [2.24, 2.45) is 5.92 Å². The van der Waals surface area contributed by atoms with Crippen LogP contribution in [0, 0.1) is 5.92 Å². The second-order valence-corrected chi connectivity index (χ2v) is 4.63. The Kier molecular flexibility index (Phi) is 3.81. The van der Waals surface area contributed by atoms with Gasteiger partial charge >= 0.3 is 0 Å². The van der Waals surface area contributed by atoms with E-state index in [-0.39, 0.29) is 17.9 Å². The first-order valence-electron chi connectivity index (χ1n) is 6.09. The molecule has 0 aromatic carbocycles. The molecule has 1 aromatic heterocycles. The smallest absolute Gasteiger partial charge is 0.255 e. The van der Waals surface area contributed by atoms with Crippen LogP contribution in [0.2, 0.25) is 0 Å². The van der Waals surface area contributed by atoms with Gasteiger partial charge in [-0.15, -0.1) is 0 Å². The van der Waals surface area contributed by atoms with Crippen molar-refractivity contribution < 1.29 is 14.6 Å². The van der Waals surface area contributed by atoms with Crippen molar-refractivity contribution in [1.29, 1.82) is 0 Å². The number of ether oxygens (including phenoxy) is 1. The molecule has 1 aliphatic heterocycles. The molecule has 1 aliphatic rings. The quantitative estimate of drug-likeness (QED) is 0.867. The Morgan fingerprint density at radius 1 is 1.61 bits per heavy atom. The summed E-state index contributed by atoms with van der Waals surface area (Å²) in [5.74, 6) is 0.642. The van der Waals surface area contributed by atoms with Gasteiger partial charge in [0.2, 0.25) is 5.88 Å². The van der Waals surface area contributed by atoms with E-state index in [2.05, 4.69) is 4.98 Å². The summed E-state index contributed by atoms with van der Waals surface area (Å²) in [5.41, 5.74) is 0.557. The number of likely N-dealkylation sites (tertiary alicyclic amines) is 1. The van der Waals surface area contributed by atoms with Crippen molar-refractivity contribution in [2.45, 2.75) is 19.4 Å². The maximum atomic E-state index is 12.2. The van der Waals surface area contributed by atoms with Crippen LogP contribution in [-0.2, 0) is 0 Å². The number of pyridine rings is 1. The number of methoxy groups -OCH3 is 1. The van der Waals surface area contributed by atoms with Crippen molar-refractivity contribution in [3.63, 3.8) is 0 Å². The number of nitrogens with zero attached hydrogens (tertiary/aromatic N) is 2. The third kappa shape index (κ3) is 2.61. The minimum atomic E-state index is -0.364. The maximum Gasteiger partial charge on any atom is 0.255 e. The number of hydrogen-bond donors (Lipinski definition) is 1. The molecular formula is C13H18N2O3. The number of carbonyl (C=O) groups is 1. The molecule has 18 heavy (non-hydrogen) atoms. The lowest BCUT2D eigenvalue weighted by atomic mass is 10.0. The van der Waals surface area contributed by atoms with Crippen LogP contribution < -0.4 is 4.74 Å². The number of aromatic nitrogens is 1. The number of amides is 1. The second kappa shape index (κ2) is 5.35. The van der Waals surface area contributed by atoms with Gasteiger partial charge in [-0.2, -0.15) is 0 Å². The van der Waals surface area contributed by atoms with Gasteiger partial charge in [0.05, 0.1) is 18.8 Å². The van der Waals surface area contributed by atoms with E-state index in [4.69, 9.17) is 4.74 Å². The maximum absolute atomic E-state index is 12.2. The first-order valence-corrected chi connectivity index (χ1v) is 6.09. The molecule has 1 amide bonds. The molecular weight excluding hydrogens is 232 g/mol. The van der Waals surface area contributed by atoms with Crippen LogP contribution in [0.1, 0.15) is 23.7 Å². The highest BCUT2D eigenvalue weighted by Gasteiger charge is 2.29. The lowest BCUT2D eigenvalue weighted by Crippen LogP contribution is -2.30. The van der Waals surface area contributed by atoms with E-state index < -0.39 is 0 Å². The third-order valence-corrected chi connectivity index (χ3v) is 3.39. The fourth-order valence-corrected chi connectivity index (χ4v) is 2.18. The van der Waals surface area contributed by atoms with E-state index in [1.165, 1.54) is 13.3 Å². The normalized spacial score (nSPS) is 20.8. The summed E-state index contributed by atoms with van der Waals surface area (Å²) in [6.07, 6.45) is 2.01. The zero-order valence-corrected chi connectivity index (χ0v) is 10.7. The Morgan fingerprint density at radius 2 is 2.39 bits per heavy atom. The van der Waals surface area contributed by atoms with Gasteiger partial charge in [0, 0.05) is 31.3 Å². The van der Waals surface area contributed by atoms with E-state index in [0.29, 0.717) is 24.5 Å². The minimum Gasteiger partial charge on any atom is -0.481 e. The average Bonchev–Trinajstić information content (AvgIpc) is 2.88. The summed E-state index contributed by atoms with van der Waals surface area (Å²) in [6.45, 7) is 3.08. The van der Waals surface area contributed by atoms with Crippen LogP contribution in [0.15, 0.2) is 18.3 Å². The van der Waals surface area contributed by atoms with E-state index in [1.807, 2.05) is 0 Å². The molecule has 98 valence electrons. The number of carbonyl (C=O) groups excluding carboxylic acids is 1. The Labute approximate surface area is 106 Å². The predicted octanol–water partition coefficient (Wildman–Crippen LogP) is 0.933. The molecule has 2 rings (SSSR count). The van der Waals surface area contributed by atoms with Crippen molar-refractivity contribution in [3.05, 3.63) is 23.9 Å². The number of hydrogen-bond acceptors (Lipinski definition) is 4. The van der Waals surface area contributed by atoms with Gasteiger partial charge in [-0.1, -0.05) is 0 Å². The van der Waals surface area contributed by atoms with Crippen LogP contribution >= 0.6 is 0 Å². The second-order valence-electron chi connectivity index (χ2n) is 4.63. The van der Waals surface area contributed by atoms with E-state index in [1.54, 1.807) is 24.0 Å². The molecule has 0 saturated carbocycles. The molecule has 1 fully saturated rings. The fraction of sp³-hybridized carbons (Fsp3) is 0.538. The molecule has 1 aromatic rings. The highest BCUT2D eigenvalue weighted by atomic mass is 16.5. The van der Waals surface area contributed by atoms with Crippen molar-refractivity contribution in [2.75, 3.05) is 20.2 Å². The summed E-state index contributed by atoms with van der Waals surface area (Å²) in [7, 11) is 1.54. The molecule has 2 heterocycles. The summed E-state index contributed by atoms with van der Waals surface area (Å²) in [4.78, 5) is 18.0. The van der Waals surface area contributed by atoms with E-state index in [0.717, 1.165) is 6.42 Å². The van der Waals surface area contributed by atoms with E-state index >= 15 is 0 Å². The molecule has 2 unspecified atom stereocenters. The topological polar surface area (TPSA) is 62.7 Å². The molecule has 0 aliphatic carbocycles. The van der Waals surface area contributed by atoms with Crippen LogP contribution in [-0.4, -0.2) is 47.2 Å². The predicted molar refractivity (Wildman–Crippen MR) is 66.5 cm³/mol. The van der Waals surface area contributed by atoms with Gasteiger partial charge in [0.15, 0.2) is 0 Å². The molecule has 1 N–H and O–H groups in total. The zero-order valence-electron chi connectivity index (χ0n) is 10.7. The third-order valence-electron chi connectivity index (χ3n) is 3.39. The lowest BCUT2D eigenvalue weighted by molar-refractivity contribution is 0.0762. The minimum absolute atomic E-state index is 0.0340. The van der Waals surface area contributed by atoms with Crippen LogP contribution in [0.25, 0.3) is 0 Å². The molecule has 5 nitrogen and oxygen atoms in total. The summed E-state index contributed by atoms with van der Waals surface area (Å²) >= 11 is 0. The molecule has 1 saturated heterocycles. The van der Waals surface area contributed by atoms with Gasteiger partial charge < -0.3 is 14.7 Å². The highest BCUT2D eigenvalue weighted by molar-refractivity contribution is 5.94.